The normalized spacial score (nSPS) is 11.2. The average Bonchev–Trinajstić information content (AvgIpc) is 2.49. The highest BCUT2D eigenvalue weighted by Gasteiger charge is 2.25. The molecular weight excluding hydrogens is 281 g/mol. The summed E-state index contributed by atoms with van der Waals surface area (Å²) >= 11 is 6.00. The molecule has 1 amide bonds. The van der Waals surface area contributed by atoms with Gasteiger partial charge < -0.3 is 10.1 Å². The van der Waals surface area contributed by atoms with Crippen LogP contribution in [-0.4, -0.2) is 25.4 Å². The first-order chi connectivity index (χ1) is 9.51. The number of nitrogens with one attached hydrogen (secondary N) is 1. The number of amides is 1. The van der Waals surface area contributed by atoms with Crippen LogP contribution in [0.15, 0.2) is 18.2 Å². The lowest BCUT2D eigenvalue weighted by Gasteiger charge is -2.29. The number of carbonyl (C=O) groups excluding carboxylic acids is 1. The molecule has 0 aliphatic heterocycles. The number of carbonyl (C=O) groups is 1. The molecule has 3 nitrogen and oxygen atoms in total. The van der Waals surface area contributed by atoms with Gasteiger partial charge in [0.2, 0.25) is 0 Å². The zero-order chi connectivity index (χ0) is 15.2. The lowest BCUT2D eigenvalue weighted by atomic mass is 9.84. The summed E-state index contributed by atoms with van der Waals surface area (Å²) in [7, 11) is 1.37. The van der Waals surface area contributed by atoms with E-state index in [1.807, 2.05) is 0 Å². The van der Waals surface area contributed by atoms with Gasteiger partial charge in [0.25, 0.3) is 5.91 Å². The SMILES string of the molecule is CCC(CC)(CCl)CNC(=O)c1ccc(F)c(OC)c1. The van der Waals surface area contributed by atoms with Crippen LogP contribution in [0.25, 0.3) is 0 Å². The smallest absolute Gasteiger partial charge is 0.251 e. The fourth-order valence-electron chi connectivity index (χ4n) is 1.91. The van der Waals surface area contributed by atoms with E-state index in [2.05, 4.69) is 19.2 Å². The molecule has 1 rings (SSSR count). The van der Waals surface area contributed by atoms with Crippen molar-refractivity contribution >= 4 is 17.5 Å². The van der Waals surface area contributed by atoms with Gasteiger partial charge in [0.15, 0.2) is 11.6 Å². The minimum Gasteiger partial charge on any atom is -0.494 e. The lowest BCUT2D eigenvalue weighted by molar-refractivity contribution is 0.0931. The highest BCUT2D eigenvalue weighted by molar-refractivity contribution is 6.18. The van der Waals surface area contributed by atoms with Crippen molar-refractivity contribution in [2.75, 3.05) is 19.5 Å². The molecule has 0 heterocycles. The zero-order valence-corrected chi connectivity index (χ0v) is 12.9. The maximum atomic E-state index is 13.3. The lowest BCUT2D eigenvalue weighted by Crippen LogP contribution is -2.38. The molecule has 0 radical (unpaired) electrons. The van der Waals surface area contributed by atoms with Crippen LogP contribution in [0, 0.1) is 11.2 Å². The van der Waals surface area contributed by atoms with Gasteiger partial charge in [0.1, 0.15) is 0 Å². The minimum atomic E-state index is -0.485. The summed E-state index contributed by atoms with van der Waals surface area (Å²) < 4.78 is 18.2. The molecule has 1 N–H and O–H groups in total. The summed E-state index contributed by atoms with van der Waals surface area (Å²) in [6, 6.07) is 4.06. The van der Waals surface area contributed by atoms with Crippen LogP contribution in [0.2, 0.25) is 0 Å². The molecular formula is C15H21ClFNO2. The summed E-state index contributed by atoms with van der Waals surface area (Å²) in [6.07, 6.45) is 1.78. The van der Waals surface area contributed by atoms with E-state index in [4.69, 9.17) is 16.3 Å². The van der Waals surface area contributed by atoms with Crippen molar-refractivity contribution in [1.82, 2.24) is 5.32 Å². The molecule has 1 aromatic rings. The highest BCUT2D eigenvalue weighted by Crippen LogP contribution is 2.27. The van der Waals surface area contributed by atoms with E-state index in [9.17, 15) is 9.18 Å². The Balaban J connectivity index is 2.76. The summed E-state index contributed by atoms with van der Waals surface area (Å²) in [6.45, 7) is 4.61. The minimum absolute atomic E-state index is 0.0623. The van der Waals surface area contributed by atoms with Crippen molar-refractivity contribution in [1.29, 1.82) is 0 Å². The second-order valence-electron chi connectivity index (χ2n) is 4.87. The molecule has 112 valence electrons. The molecule has 1 aromatic carbocycles. The molecule has 0 fully saturated rings. The van der Waals surface area contributed by atoms with Crippen molar-refractivity contribution in [2.24, 2.45) is 5.41 Å². The molecule has 0 aliphatic carbocycles. The molecule has 0 aromatic heterocycles. The fraction of sp³-hybridized carbons (Fsp3) is 0.533. The van der Waals surface area contributed by atoms with Gasteiger partial charge >= 0.3 is 0 Å². The monoisotopic (exact) mass is 301 g/mol. The quantitative estimate of drug-likeness (QED) is 0.781. The molecule has 0 saturated heterocycles. The molecule has 0 saturated carbocycles. The van der Waals surface area contributed by atoms with E-state index in [1.54, 1.807) is 0 Å². The Morgan fingerprint density at radius 3 is 2.55 bits per heavy atom. The number of ether oxygens (including phenoxy) is 1. The molecule has 0 unspecified atom stereocenters. The summed E-state index contributed by atoms with van der Waals surface area (Å²) in [5.74, 6) is -0.180. The third-order valence-electron chi connectivity index (χ3n) is 3.82. The van der Waals surface area contributed by atoms with E-state index in [0.29, 0.717) is 18.0 Å². The van der Waals surface area contributed by atoms with Crippen molar-refractivity contribution in [3.8, 4) is 5.75 Å². The number of hydrogen-bond donors (Lipinski definition) is 1. The number of methoxy groups -OCH3 is 1. The van der Waals surface area contributed by atoms with E-state index >= 15 is 0 Å². The van der Waals surface area contributed by atoms with Crippen LogP contribution in [-0.2, 0) is 0 Å². The molecule has 0 bridgehead atoms. The van der Waals surface area contributed by atoms with E-state index in [1.165, 1.54) is 25.3 Å². The van der Waals surface area contributed by atoms with Gasteiger partial charge in [0.05, 0.1) is 7.11 Å². The first-order valence-electron chi connectivity index (χ1n) is 6.69. The van der Waals surface area contributed by atoms with Gasteiger partial charge in [-0.1, -0.05) is 13.8 Å². The molecule has 0 spiro atoms. The summed E-state index contributed by atoms with van der Waals surface area (Å²) in [5.41, 5.74) is 0.278. The van der Waals surface area contributed by atoms with E-state index in [-0.39, 0.29) is 17.1 Å². The molecule has 20 heavy (non-hydrogen) atoms. The van der Waals surface area contributed by atoms with Crippen molar-refractivity contribution in [2.45, 2.75) is 26.7 Å². The van der Waals surface area contributed by atoms with Crippen LogP contribution in [0.3, 0.4) is 0 Å². The Bertz CT molecular complexity index is 453. The van der Waals surface area contributed by atoms with Gasteiger partial charge in [-0.3, -0.25) is 4.79 Å². The zero-order valence-electron chi connectivity index (χ0n) is 12.1. The second-order valence-corrected chi connectivity index (χ2v) is 5.14. The Morgan fingerprint density at radius 2 is 2.05 bits per heavy atom. The fourth-order valence-corrected chi connectivity index (χ4v) is 2.38. The predicted molar refractivity (Wildman–Crippen MR) is 79.0 cm³/mol. The van der Waals surface area contributed by atoms with Gasteiger partial charge in [0, 0.05) is 23.4 Å². The topological polar surface area (TPSA) is 38.3 Å². The third-order valence-corrected chi connectivity index (χ3v) is 4.39. The maximum Gasteiger partial charge on any atom is 0.251 e. The van der Waals surface area contributed by atoms with Crippen LogP contribution in [0.1, 0.15) is 37.0 Å². The second kappa shape index (κ2) is 7.48. The van der Waals surface area contributed by atoms with E-state index < -0.39 is 5.82 Å². The first-order valence-corrected chi connectivity index (χ1v) is 7.23. The van der Waals surface area contributed by atoms with Crippen molar-refractivity contribution < 1.29 is 13.9 Å². The van der Waals surface area contributed by atoms with Gasteiger partial charge in [-0.05, 0) is 31.0 Å². The number of rotatable bonds is 7. The van der Waals surface area contributed by atoms with Gasteiger partial charge in [-0.25, -0.2) is 4.39 Å². The molecule has 0 aliphatic rings. The summed E-state index contributed by atoms with van der Waals surface area (Å²) in [5, 5.41) is 2.86. The predicted octanol–water partition coefficient (Wildman–Crippen LogP) is 3.61. The van der Waals surface area contributed by atoms with E-state index in [0.717, 1.165) is 12.8 Å². The number of benzene rings is 1. The van der Waals surface area contributed by atoms with Gasteiger partial charge in [-0.15, -0.1) is 11.6 Å². The number of alkyl halides is 1. The van der Waals surface area contributed by atoms with Crippen LogP contribution >= 0.6 is 11.6 Å². The first kappa shape index (κ1) is 16.8. The maximum absolute atomic E-state index is 13.3. The Morgan fingerprint density at radius 1 is 1.40 bits per heavy atom. The summed E-state index contributed by atoms with van der Waals surface area (Å²) in [4.78, 5) is 12.1. The Hall–Kier alpha value is -1.29. The average molecular weight is 302 g/mol. The van der Waals surface area contributed by atoms with Crippen molar-refractivity contribution in [3.05, 3.63) is 29.6 Å². The third kappa shape index (κ3) is 3.85. The molecule has 5 heteroatoms. The van der Waals surface area contributed by atoms with Crippen LogP contribution < -0.4 is 10.1 Å². The number of halogens is 2. The van der Waals surface area contributed by atoms with Crippen LogP contribution in [0.4, 0.5) is 4.39 Å². The van der Waals surface area contributed by atoms with Crippen LogP contribution in [0.5, 0.6) is 5.75 Å². The van der Waals surface area contributed by atoms with Gasteiger partial charge in [-0.2, -0.15) is 0 Å². The Labute approximate surface area is 124 Å². The standard InChI is InChI=1S/C15H21ClFNO2/c1-4-15(5-2,9-16)10-18-14(19)11-6-7-12(17)13(8-11)20-3/h6-8H,4-5,9-10H2,1-3H3,(H,18,19). The largest absolute Gasteiger partial charge is 0.494 e. The van der Waals surface area contributed by atoms with Crippen molar-refractivity contribution in [3.63, 3.8) is 0 Å². The number of hydrogen-bond acceptors (Lipinski definition) is 2. The Kier molecular flexibility index (Phi) is 6.27. The highest BCUT2D eigenvalue weighted by atomic mass is 35.5. The molecule has 0 atom stereocenters.